The van der Waals surface area contributed by atoms with Gasteiger partial charge < -0.3 is 5.32 Å². The predicted molar refractivity (Wildman–Crippen MR) is 92.6 cm³/mol. The van der Waals surface area contributed by atoms with Gasteiger partial charge in [0.05, 0.1) is 0 Å². The number of hydrogen-bond donors (Lipinski definition) is 1. The van der Waals surface area contributed by atoms with Crippen LogP contribution in [0, 0.1) is 0 Å². The van der Waals surface area contributed by atoms with Gasteiger partial charge in [-0.25, -0.2) is 8.42 Å². The lowest BCUT2D eigenvalue weighted by Gasteiger charge is -2.46. The summed E-state index contributed by atoms with van der Waals surface area (Å²) in [6, 6.07) is 0.337. The van der Waals surface area contributed by atoms with Crippen LogP contribution >= 0.6 is 0 Å². The van der Waals surface area contributed by atoms with Gasteiger partial charge in [0.2, 0.25) is 0 Å². The molecule has 5 heteroatoms. The fourth-order valence-electron chi connectivity index (χ4n) is 3.14. The van der Waals surface area contributed by atoms with Crippen LogP contribution in [0.3, 0.4) is 0 Å². The number of sulfone groups is 1. The Morgan fingerprint density at radius 3 is 2.10 bits per heavy atom. The van der Waals surface area contributed by atoms with E-state index in [2.05, 4.69) is 44.8 Å². The molecule has 0 saturated carbocycles. The Morgan fingerprint density at radius 1 is 1.14 bits per heavy atom. The molecule has 4 nitrogen and oxygen atoms in total. The van der Waals surface area contributed by atoms with E-state index in [4.69, 9.17) is 0 Å². The Labute approximate surface area is 132 Å². The largest absolute Gasteiger partial charge is 0.312 e. The third-order valence-electron chi connectivity index (χ3n) is 4.60. The van der Waals surface area contributed by atoms with Crippen LogP contribution in [0.4, 0.5) is 0 Å². The maximum Gasteiger partial charge on any atom is 0.147 e. The Bertz CT molecular complexity index is 366. The van der Waals surface area contributed by atoms with E-state index in [9.17, 15) is 8.42 Å². The van der Waals surface area contributed by atoms with Crippen LogP contribution in [-0.2, 0) is 9.84 Å². The zero-order chi connectivity index (χ0) is 16.5. The van der Waals surface area contributed by atoms with Gasteiger partial charge in [0, 0.05) is 23.6 Å². The maximum absolute atomic E-state index is 11.4. The van der Waals surface area contributed by atoms with Gasteiger partial charge in [-0.3, -0.25) is 4.90 Å². The molecule has 2 unspecified atom stereocenters. The van der Waals surface area contributed by atoms with Crippen molar-refractivity contribution in [3.63, 3.8) is 0 Å². The molecule has 2 atom stereocenters. The Morgan fingerprint density at radius 2 is 1.71 bits per heavy atom. The van der Waals surface area contributed by atoms with E-state index in [-0.39, 0.29) is 11.3 Å². The quantitative estimate of drug-likeness (QED) is 0.601. The smallest absolute Gasteiger partial charge is 0.147 e. The predicted octanol–water partition coefficient (Wildman–Crippen LogP) is 2.69. The first-order chi connectivity index (χ1) is 9.75. The topological polar surface area (TPSA) is 49.4 Å². The van der Waals surface area contributed by atoms with E-state index in [0.29, 0.717) is 6.04 Å². The first-order valence-corrected chi connectivity index (χ1v) is 10.5. The minimum Gasteiger partial charge on any atom is -0.312 e. The van der Waals surface area contributed by atoms with Crippen LogP contribution in [0.1, 0.15) is 60.3 Å². The molecule has 0 aliphatic heterocycles. The molecule has 0 aromatic rings. The second kappa shape index (κ2) is 9.80. The summed E-state index contributed by atoms with van der Waals surface area (Å²) >= 11 is 0. The lowest BCUT2D eigenvalue weighted by atomic mass is 9.84. The summed E-state index contributed by atoms with van der Waals surface area (Å²) in [6.45, 7) is 14.1. The van der Waals surface area contributed by atoms with E-state index in [1.165, 1.54) is 6.26 Å². The van der Waals surface area contributed by atoms with E-state index >= 15 is 0 Å². The van der Waals surface area contributed by atoms with Gasteiger partial charge in [-0.15, -0.1) is 0 Å². The Balaban J connectivity index is 4.97. The highest BCUT2D eigenvalue weighted by atomic mass is 32.2. The fraction of sp³-hybridized carbons (Fsp3) is 1.00. The standard InChI is InChI=1S/C16H36N2O2S/c1-7-13-17-15(12-11-14-21(6,19)20)16(5,8-2)18(9-3)10-4/h15,17H,7-14H2,1-6H3. The molecule has 1 N–H and O–H groups in total. The maximum atomic E-state index is 11.4. The SMILES string of the molecule is CCCNC(CCCS(C)(=O)=O)C(C)(CC)N(CC)CC. The van der Waals surface area contributed by atoms with Gasteiger partial charge in [0.25, 0.3) is 0 Å². The summed E-state index contributed by atoms with van der Waals surface area (Å²) in [5, 5.41) is 3.66. The molecule has 21 heavy (non-hydrogen) atoms. The van der Waals surface area contributed by atoms with Crippen LogP contribution < -0.4 is 5.32 Å². The monoisotopic (exact) mass is 320 g/mol. The molecule has 0 radical (unpaired) electrons. The molecule has 0 amide bonds. The molecular formula is C16H36N2O2S. The van der Waals surface area contributed by atoms with Crippen molar-refractivity contribution >= 4 is 9.84 Å². The third-order valence-corrected chi connectivity index (χ3v) is 5.63. The summed E-state index contributed by atoms with van der Waals surface area (Å²) in [6.07, 6.45) is 5.13. The average molecular weight is 321 g/mol. The van der Waals surface area contributed by atoms with Crippen LogP contribution in [0.15, 0.2) is 0 Å². The molecule has 0 heterocycles. The fourth-order valence-corrected chi connectivity index (χ4v) is 3.83. The van der Waals surface area contributed by atoms with Crippen molar-refractivity contribution in [3.05, 3.63) is 0 Å². The molecule has 0 saturated heterocycles. The van der Waals surface area contributed by atoms with E-state index in [0.717, 1.165) is 45.3 Å². The van der Waals surface area contributed by atoms with Crippen molar-refractivity contribution in [2.75, 3.05) is 31.6 Å². The summed E-state index contributed by atoms with van der Waals surface area (Å²) < 4.78 is 22.7. The van der Waals surface area contributed by atoms with Gasteiger partial charge in [-0.1, -0.05) is 27.7 Å². The van der Waals surface area contributed by atoms with E-state index in [1.807, 2.05) is 0 Å². The van der Waals surface area contributed by atoms with Crippen LogP contribution in [0.25, 0.3) is 0 Å². The van der Waals surface area contributed by atoms with Gasteiger partial charge in [0.15, 0.2) is 0 Å². The van der Waals surface area contributed by atoms with Crippen LogP contribution in [-0.4, -0.2) is 56.5 Å². The van der Waals surface area contributed by atoms with Gasteiger partial charge >= 0.3 is 0 Å². The molecule has 0 aromatic carbocycles. The lowest BCUT2D eigenvalue weighted by Crippen LogP contribution is -2.59. The molecule has 0 aliphatic carbocycles. The number of likely N-dealkylation sites (N-methyl/N-ethyl adjacent to an activating group) is 1. The number of rotatable bonds is 12. The van der Waals surface area contributed by atoms with Crippen molar-refractivity contribution in [2.45, 2.75) is 71.9 Å². The molecule has 0 aromatic heterocycles. The number of nitrogens with zero attached hydrogens (tertiary/aromatic N) is 1. The summed E-state index contributed by atoms with van der Waals surface area (Å²) in [5.41, 5.74) is 0.0795. The van der Waals surface area contributed by atoms with Gasteiger partial charge in [-0.05, 0) is 52.2 Å². The highest BCUT2D eigenvalue weighted by molar-refractivity contribution is 7.90. The van der Waals surface area contributed by atoms with Crippen LogP contribution in [0.5, 0.6) is 0 Å². The molecule has 128 valence electrons. The zero-order valence-electron chi connectivity index (χ0n) is 14.9. The average Bonchev–Trinajstić information content (AvgIpc) is 2.42. The number of hydrogen-bond acceptors (Lipinski definition) is 4. The third kappa shape index (κ3) is 7.11. The summed E-state index contributed by atoms with van der Waals surface area (Å²) in [7, 11) is -2.87. The molecule has 0 rings (SSSR count). The lowest BCUT2D eigenvalue weighted by molar-refractivity contribution is 0.0664. The van der Waals surface area contributed by atoms with Crippen LogP contribution in [0.2, 0.25) is 0 Å². The first-order valence-electron chi connectivity index (χ1n) is 8.41. The van der Waals surface area contributed by atoms with Crippen molar-refractivity contribution in [2.24, 2.45) is 0 Å². The molecule has 0 aliphatic rings. The summed E-state index contributed by atoms with van der Waals surface area (Å²) in [4.78, 5) is 2.50. The second-order valence-corrected chi connectivity index (χ2v) is 8.42. The van der Waals surface area contributed by atoms with E-state index < -0.39 is 9.84 Å². The van der Waals surface area contributed by atoms with Gasteiger partial charge in [0.1, 0.15) is 9.84 Å². The Hall–Kier alpha value is -0.130. The normalized spacial score (nSPS) is 16.9. The molecule has 0 fully saturated rings. The van der Waals surface area contributed by atoms with Crippen molar-refractivity contribution in [1.82, 2.24) is 10.2 Å². The number of nitrogens with one attached hydrogen (secondary N) is 1. The molecule has 0 bridgehead atoms. The molecular weight excluding hydrogens is 284 g/mol. The second-order valence-electron chi connectivity index (χ2n) is 6.16. The van der Waals surface area contributed by atoms with Crippen molar-refractivity contribution in [1.29, 1.82) is 0 Å². The van der Waals surface area contributed by atoms with Gasteiger partial charge in [-0.2, -0.15) is 0 Å². The minimum absolute atomic E-state index is 0.0795. The van der Waals surface area contributed by atoms with Crippen molar-refractivity contribution in [3.8, 4) is 0 Å². The zero-order valence-corrected chi connectivity index (χ0v) is 15.7. The molecule has 0 spiro atoms. The summed E-state index contributed by atoms with van der Waals surface area (Å²) in [5.74, 6) is 0.287. The minimum atomic E-state index is -2.87. The Kier molecular flexibility index (Phi) is 9.74. The highest BCUT2D eigenvalue weighted by Gasteiger charge is 2.36. The first kappa shape index (κ1) is 20.9. The van der Waals surface area contributed by atoms with E-state index in [1.54, 1.807) is 0 Å². The van der Waals surface area contributed by atoms with Crippen molar-refractivity contribution < 1.29 is 8.42 Å². The highest BCUT2D eigenvalue weighted by Crippen LogP contribution is 2.26.